The quantitative estimate of drug-likeness (QED) is 0.792. The maximum atomic E-state index is 12.0. The zero-order chi connectivity index (χ0) is 13.3. The fraction of sp³-hybridized carbons (Fsp3) is 0.429. The van der Waals surface area contributed by atoms with Gasteiger partial charge in [0, 0.05) is 32.7 Å². The van der Waals surface area contributed by atoms with E-state index in [1.54, 1.807) is 23.9 Å². The Morgan fingerprint density at radius 3 is 2.44 bits per heavy atom. The summed E-state index contributed by atoms with van der Waals surface area (Å²) in [6.07, 6.45) is 0.310. The van der Waals surface area contributed by atoms with E-state index in [-0.39, 0.29) is 17.7 Å². The monoisotopic (exact) mass is 246 g/mol. The average Bonchev–Trinajstić information content (AvgIpc) is 2.71. The Morgan fingerprint density at radius 1 is 1.28 bits per heavy atom. The second-order valence-electron chi connectivity index (χ2n) is 4.97. The van der Waals surface area contributed by atoms with Gasteiger partial charge in [0.25, 0.3) is 0 Å². The lowest BCUT2D eigenvalue weighted by Gasteiger charge is -2.18. The smallest absolute Gasteiger partial charge is 0.227 e. The molecule has 1 aromatic carbocycles. The summed E-state index contributed by atoms with van der Waals surface area (Å²) < 4.78 is 0. The van der Waals surface area contributed by atoms with E-state index in [9.17, 15) is 9.59 Å². The van der Waals surface area contributed by atoms with Gasteiger partial charge in [-0.3, -0.25) is 9.59 Å². The minimum absolute atomic E-state index is 0.0259. The molecule has 4 nitrogen and oxygen atoms in total. The second-order valence-corrected chi connectivity index (χ2v) is 4.97. The van der Waals surface area contributed by atoms with Gasteiger partial charge in [-0.1, -0.05) is 17.7 Å². The standard InChI is InChI=1S/C14H18N2O2/c1-10-4-6-12(7-5-10)16-9-11(8-13(16)17)14(18)15(2)3/h4-7,11H,8-9H2,1-3H3. The van der Waals surface area contributed by atoms with Crippen molar-refractivity contribution in [1.82, 2.24) is 4.90 Å². The Bertz CT molecular complexity index is 465. The molecule has 0 spiro atoms. The van der Waals surface area contributed by atoms with Gasteiger partial charge in [-0.25, -0.2) is 0 Å². The molecule has 1 aliphatic rings. The lowest BCUT2D eigenvalue weighted by atomic mass is 10.1. The van der Waals surface area contributed by atoms with Crippen LogP contribution in [0.5, 0.6) is 0 Å². The molecule has 1 aromatic rings. The van der Waals surface area contributed by atoms with Crippen molar-refractivity contribution >= 4 is 17.5 Å². The molecule has 18 heavy (non-hydrogen) atoms. The largest absolute Gasteiger partial charge is 0.349 e. The molecule has 1 fully saturated rings. The number of anilines is 1. The maximum Gasteiger partial charge on any atom is 0.227 e. The van der Waals surface area contributed by atoms with Crippen LogP contribution in [0.2, 0.25) is 0 Å². The number of hydrogen-bond acceptors (Lipinski definition) is 2. The number of aryl methyl sites for hydroxylation is 1. The fourth-order valence-corrected chi connectivity index (χ4v) is 2.21. The van der Waals surface area contributed by atoms with Crippen LogP contribution in [0.3, 0.4) is 0 Å². The van der Waals surface area contributed by atoms with Crippen LogP contribution in [0.4, 0.5) is 5.69 Å². The minimum atomic E-state index is -0.214. The molecule has 0 saturated carbocycles. The summed E-state index contributed by atoms with van der Waals surface area (Å²) in [6, 6.07) is 7.80. The molecule has 2 rings (SSSR count). The summed E-state index contributed by atoms with van der Waals surface area (Å²) in [5, 5.41) is 0. The van der Waals surface area contributed by atoms with Crippen LogP contribution < -0.4 is 4.90 Å². The van der Waals surface area contributed by atoms with Crippen molar-refractivity contribution in [2.75, 3.05) is 25.5 Å². The highest BCUT2D eigenvalue weighted by Crippen LogP contribution is 2.26. The van der Waals surface area contributed by atoms with E-state index in [2.05, 4.69) is 0 Å². The van der Waals surface area contributed by atoms with E-state index in [4.69, 9.17) is 0 Å². The second kappa shape index (κ2) is 4.80. The van der Waals surface area contributed by atoms with Gasteiger partial charge in [0.05, 0.1) is 5.92 Å². The number of hydrogen-bond donors (Lipinski definition) is 0. The third kappa shape index (κ3) is 2.37. The number of rotatable bonds is 2. The molecule has 1 unspecified atom stereocenters. The molecule has 96 valence electrons. The molecule has 0 bridgehead atoms. The predicted molar refractivity (Wildman–Crippen MR) is 70.3 cm³/mol. The summed E-state index contributed by atoms with van der Waals surface area (Å²) in [4.78, 5) is 27.1. The third-order valence-corrected chi connectivity index (χ3v) is 3.26. The van der Waals surface area contributed by atoms with Crippen LogP contribution in [-0.2, 0) is 9.59 Å². The van der Waals surface area contributed by atoms with Crippen LogP contribution in [0.25, 0.3) is 0 Å². The fourth-order valence-electron chi connectivity index (χ4n) is 2.21. The Hall–Kier alpha value is -1.84. The van der Waals surface area contributed by atoms with E-state index in [0.717, 1.165) is 11.3 Å². The molecular formula is C14H18N2O2. The zero-order valence-electron chi connectivity index (χ0n) is 11.0. The predicted octanol–water partition coefficient (Wildman–Crippen LogP) is 1.44. The molecule has 0 N–H and O–H groups in total. The van der Waals surface area contributed by atoms with E-state index in [1.165, 1.54) is 0 Å². The number of carbonyl (C=O) groups excluding carboxylic acids is 2. The van der Waals surface area contributed by atoms with Gasteiger partial charge in [-0.15, -0.1) is 0 Å². The van der Waals surface area contributed by atoms with Crippen molar-refractivity contribution in [3.8, 4) is 0 Å². The first-order valence-electron chi connectivity index (χ1n) is 6.07. The molecule has 4 heteroatoms. The number of amides is 2. The molecule has 0 aromatic heterocycles. The highest BCUT2D eigenvalue weighted by atomic mass is 16.2. The van der Waals surface area contributed by atoms with E-state index in [1.807, 2.05) is 31.2 Å². The summed E-state index contributed by atoms with van der Waals surface area (Å²) in [6.45, 7) is 2.49. The van der Waals surface area contributed by atoms with Crippen molar-refractivity contribution in [2.45, 2.75) is 13.3 Å². The van der Waals surface area contributed by atoms with Crippen molar-refractivity contribution in [3.63, 3.8) is 0 Å². The number of benzene rings is 1. The molecule has 0 radical (unpaired) electrons. The van der Waals surface area contributed by atoms with Crippen molar-refractivity contribution in [3.05, 3.63) is 29.8 Å². The Balaban J connectivity index is 2.15. The summed E-state index contributed by atoms with van der Waals surface area (Å²) in [7, 11) is 3.45. The minimum Gasteiger partial charge on any atom is -0.349 e. The average molecular weight is 246 g/mol. The lowest BCUT2D eigenvalue weighted by molar-refractivity contribution is -0.133. The molecule has 1 atom stereocenters. The van der Waals surface area contributed by atoms with Gasteiger partial charge in [0.1, 0.15) is 0 Å². The first-order valence-corrected chi connectivity index (χ1v) is 6.07. The van der Waals surface area contributed by atoms with Crippen molar-refractivity contribution in [1.29, 1.82) is 0 Å². The van der Waals surface area contributed by atoms with Gasteiger partial charge in [-0.2, -0.15) is 0 Å². The van der Waals surface area contributed by atoms with Gasteiger partial charge in [0.15, 0.2) is 0 Å². The Labute approximate surface area is 107 Å². The van der Waals surface area contributed by atoms with Crippen molar-refractivity contribution in [2.24, 2.45) is 5.92 Å². The van der Waals surface area contributed by atoms with Crippen LogP contribution in [0, 0.1) is 12.8 Å². The van der Waals surface area contributed by atoms with E-state index in [0.29, 0.717) is 13.0 Å². The van der Waals surface area contributed by atoms with E-state index >= 15 is 0 Å². The first kappa shape index (κ1) is 12.6. The van der Waals surface area contributed by atoms with Gasteiger partial charge in [-0.05, 0) is 19.1 Å². The van der Waals surface area contributed by atoms with Crippen LogP contribution in [0.1, 0.15) is 12.0 Å². The van der Waals surface area contributed by atoms with Gasteiger partial charge < -0.3 is 9.80 Å². The number of nitrogens with zero attached hydrogens (tertiary/aromatic N) is 2. The Kier molecular flexibility index (Phi) is 3.36. The normalized spacial score (nSPS) is 19.2. The van der Waals surface area contributed by atoms with Crippen molar-refractivity contribution < 1.29 is 9.59 Å². The molecule has 0 aliphatic carbocycles. The molecule has 1 saturated heterocycles. The third-order valence-electron chi connectivity index (χ3n) is 3.26. The first-order chi connectivity index (χ1) is 8.49. The van der Waals surface area contributed by atoms with Crippen LogP contribution >= 0.6 is 0 Å². The topological polar surface area (TPSA) is 40.6 Å². The van der Waals surface area contributed by atoms with Gasteiger partial charge in [0.2, 0.25) is 11.8 Å². The maximum absolute atomic E-state index is 12.0. The highest BCUT2D eigenvalue weighted by Gasteiger charge is 2.35. The lowest BCUT2D eigenvalue weighted by Crippen LogP contribution is -2.32. The molecular weight excluding hydrogens is 228 g/mol. The van der Waals surface area contributed by atoms with Gasteiger partial charge >= 0.3 is 0 Å². The summed E-state index contributed by atoms with van der Waals surface area (Å²) >= 11 is 0. The van der Waals surface area contributed by atoms with Crippen LogP contribution in [-0.4, -0.2) is 37.4 Å². The highest BCUT2D eigenvalue weighted by molar-refractivity contribution is 6.00. The SMILES string of the molecule is Cc1ccc(N2CC(C(=O)N(C)C)CC2=O)cc1. The molecule has 1 heterocycles. The summed E-state index contributed by atoms with van der Waals surface area (Å²) in [5.74, 6) is -0.161. The van der Waals surface area contributed by atoms with Crippen LogP contribution in [0.15, 0.2) is 24.3 Å². The number of carbonyl (C=O) groups is 2. The summed E-state index contributed by atoms with van der Waals surface area (Å²) in [5.41, 5.74) is 2.03. The van der Waals surface area contributed by atoms with E-state index < -0.39 is 0 Å². The molecule has 1 aliphatic heterocycles. The molecule has 2 amide bonds. The Morgan fingerprint density at radius 2 is 1.89 bits per heavy atom. The zero-order valence-corrected chi connectivity index (χ0v) is 11.0.